The minimum absolute atomic E-state index is 0.238. The number of anilines is 1. The van der Waals surface area contributed by atoms with Crippen molar-refractivity contribution < 1.29 is 0 Å². The normalized spacial score (nSPS) is 17.1. The maximum absolute atomic E-state index is 5.89. The van der Waals surface area contributed by atoms with E-state index < -0.39 is 0 Å². The summed E-state index contributed by atoms with van der Waals surface area (Å²) in [5.41, 5.74) is 8.68. The third-order valence-corrected chi connectivity index (χ3v) is 3.92. The summed E-state index contributed by atoms with van der Waals surface area (Å²) in [6.07, 6.45) is 1.11. The summed E-state index contributed by atoms with van der Waals surface area (Å²) in [7, 11) is 0. The van der Waals surface area contributed by atoms with E-state index in [-0.39, 0.29) is 6.04 Å². The van der Waals surface area contributed by atoms with E-state index in [1.165, 1.54) is 21.9 Å². The fraction of sp³-hybridized carbons (Fsp3) is 0.538. The van der Waals surface area contributed by atoms with Gasteiger partial charge in [-0.15, -0.1) is 11.8 Å². The van der Waals surface area contributed by atoms with E-state index >= 15 is 0 Å². The number of aryl methyl sites for hydroxylation is 1. The molecule has 0 saturated heterocycles. The van der Waals surface area contributed by atoms with Gasteiger partial charge in [0.15, 0.2) is 0 Å². The van der Waals surface area contributed by atoms with Crippen molar-refractivity contribution in [2.75, 3.05) is 23.7 Å². The van der Waals surface area contributed by atoms with Gasteiger partial charge in [0.2, 0.25) is 0 Å². The number of nitrogens with two attached hydrogens (primary N) is 1. The van der Waals surface area contributed by atoms with E-state index in [9.17, 15) is 0 Å². The summed E-state index contributed by atoms with van der Waals surface area (Å²) in [4.78, 5) is 3.84. The molecule has 0 aromatic heterocycles. The van der Waals surface area contributed by atoms with Gasteiger partial charge in [-0.25, -0.2) is 0 Å². The van der Waals surface area contributed by atoms with Gasteiger partial charge in [-0.1, -0.05) is 13.0 Å². The van der Waals surface area contributed by atoms with Crippen LogP contribution in [0.3, 0.4) is 0 Å². The van der Waals surface area contributed by atoms with E-state index in [2.05, 4.69) is 36.9 Å². The lowest BCUT2D eigenvalue weighted by molar-refractivity contribution is 0.684. The first kappa shape index (κ1) is 11.8. The van der Waals surface area contributed by atoms with Gasteiger partial charge < -0.3 is 10.6 Å². The van der Waals surface area contributed by atoms with Crippen LogP contribution in [0, 0.1) is 0 Å². The molecule has 0 radical (unpaired) electrons. The van der Waals surface area contributed by atoms with E-state index in [1.807, 2.05) is 11.8 Å². The summed E-state index contributed by atoms with van der Waals surface area (Å²) in [5, 5.41) is 0. The lowest BCUT2D eigenvalue weighted by atomic mass is 10.1. The number of hydrogen-bond acceptors (Lipinski definition) is 3. The smallest absolute Gasteiger partial charge is 0.0505 e. The van der Waals surface area contributed by atoms with Crippen LogP contribution in [0.15, 0.2) is 23.1 Å². The zero-order valence-corrected chi connectivity index (χ0v) is 10.9. The number of benzene rings is 1. The third-order valence-electron chi connectivity index (χ3n) is 2.90. The fourth-order valence-electron chi connectivity index (χ4n) is 2.08. The fourth-order valence-corrected chi connectivity index (χ4v) is 3.19. The Kier molecular flexibility index (Phi) is 3.77. The maximum atomic E-state index is 5.89. The molecule has 88 valence electrons. The molecule has 1 aromatic carbocycles. The average Bonchev–Trinajstić information content (AvgIpc) is 2.28. The van der Waals surface area contributed by atoms with Gasteiger partial charge >= 0.3 is 0 Å². The second-order valence-corrected chi connectivity index (χ2v) is 5.56. The van der Waals surface area contributed by atoms with Crippen LogP contribution in [-0.4, -0.2) is 24.9 Å². The first-order valence-corrected chi connectivity index (χ1v) is 6.95. The van der Waals surface area contributed by atoms with Crippen molar-refractivity contribution in [2.45, 2.75) is 31.2 Å². The first-order chi connectivity index (χ1) is 7.70. The molecule has 0 saturated carbocycles. The molecule has 1 unspecified atom stereocenters. The molecule has 0 amide bonds. The molecule has 2 rings (SSSR count). The van der Waals surface area contributed by atoms with Gasteiger partial charge in [-0.05, 0) is 31.0 Å². The van der Waals surface area contributed by atoms with Crippen LogP contribution in [0.5, 0.6) is 0 Å². The van der Waals surface area contributed by atoms with Crippen molar-refractivity contribution in [2.24, 2.45) is 5.73 Å². The van der Waals surface area contributed by atoms with E-state index in [4.69, 9.17) is 5.73 Å². The Morgan fingerprint density at radius 3 is 3.00 bits per heavy atom. The van der Waals surface area contributed by atoms with Crippen LogP contribution in [-0.2, 0) is 6.42 Å². The molecule has 3 heteroatoms. The molecule has 16 heavy (non-hydrogen) atoms. The Morgan fingerprint density at radius 2 is 2.31 bits per heavy atom. The molecule has 1 aromatic rings. The number of hydrogen-bond donors (Lipinski definition) is 1. The highest BCUT2D eigenvalue weighted by Crippen LogP contribution is 2.35. The number of fused-ring (bicyclic) bond motifs is 1. The summed E-state index contributed by atoms with van der Waals surface area (Å²) in [6, 6.07) is 7.05. The summed E-state index contributed by atoms with van der Waals surface area (Å²) >= 11 is 1.97. The summed E-state index contributed by atoms with van der Waals surface area (Å²) in [6.45, 7) is 6.35. The van der Waals surface area contributed by atoms with Gasteiger partial charge in [-0.2, -0.15) is 0 Å². The van der Waals surface area contributed by atoms with Crippen LogP contribution in [0.4, 0.5) is 5.69 Å². The lowest BCUT2D eigenvalue weighted by Gasteiger charge is -2.32. The molecule has 0 aliphatic carbocycles. The maximum Gasteiger partial charge on any atom is 0.0505 e. The van der Waals surface area contributed by atoms with E-state index in [0.717, 1.165) is 19.5 Å². The Morgan fingerprint density at radius 1 is 1.50 bits per heavy atom. The van der Waals surface area contributed by atoms with Crippen molar-refractivity contribution in [3.05, 3.63) is 23.8 Å². The van der Waals surface area contributed by atoms with Crippen LogP contribution in [0.2, 0.25) is 0 Å². The molecule has 0 spiro atoms. The zero-order valence-electron chi connectivity index (χ0n) is 10.1. The Balaban J connectivity index is 2.25. The molecule has 0 bridgehead atoms. The van der Waals surface area contributed by atoms with Crippen molar-refractivity contribution in [3.63, 3.8) is 0 Å². The molecule has 2 N–H and O–H groups in total. The third kappa shape index (κ3) is 2.53. The highest BCUT2D eigenvalue weighted by molar-refractivity contribution is 7.99. The van der Waals surface area contributed by atoms with Gasteiger partial charge in [-0.3, -0.25) is 0 Å². The molecule has 0 fully saturated rings. The highest BCUT2D eigenvalue weighted by atomic mass is 32.2. The molecular formula is C13H20N2S. The topological polar surface area (TPSA) is 29.3 Å². The van der Waals surface area contributed by atoms with Crippen LogP contribution in [0.1, 0.15) is 19.4 Å². The second kappa shape index (κ2) is 5.11. The zero-order chi connectivity index (χ0) is 11.5. The van der Waals surface area contributed by atoms with Crippen molar-refractivity contribution in [1.29, 1.82) is 0 Å². The van der Waals surface area contributed by atoms with E-state index in [1.54, 1.807) is 0 Å². The quantitative estimate of drug-likeness (QED) is 0.874. The molecule has 1 atom stereocenters. The summed E-state index contributed by atoms with van der Waals surface area (Å²) < 4.78 is 0. The highest BCUT2D eigenvalue weighted by Gasteiger charge is 2.18. The largest absolute Gasteiger partial charge is 0.368 e. The Bertz CT molecular complexity index is 363. The SMILES string of the molecule is CCc1ccc2c(c1)SCCN2CC(C)N. The minimum Gasteiger partial charge on any atom is -0.368 e. The van der Waals surface area contributed by atoms with Crippen LogP contribution in [0.25, 0.3) is 0 Å². The standard InChI is InChI=1S/C13H20N2S/c1-3-11-4-5-12-13(8-11)16-7-6-15(12)9-10(2)14/h4-5,8,10H,3,6-7,9,14H2,1-2H3. The minimum atomic E-state index is 0.238. The first-order valence-electron chi connectivity index (χ1n) is 5.97. The monoisotopic (exact) mass is 236 g/mol. The van der Waals surface area contributed by atoms with E-state index in [0.29, 0.717) is 0 Å². The van der Waals surface area contributed by atoms with Crippen molar-refractivity contribution in [1.82, 2.24) is 0 Å². The van der Waals surface area contributed by atoms with Crippen molar-refractivity contribution >= 4 is 17.4 Å². The summed E-state index contributed by atoms with van der Waals surface area (Å²) in [5.74, 6) is 1.17. The number of thioether (sulfide) groups is 1. The predicted octanol–water partition coefficient (Wildman–Crippen LogP) is 2.51. The van der Waals surface area contributed by atoms with Crippen LogP contribution < -0.4 is 10.6 Å². The number of nitrogens with zero attached hydrogens (tertiary/aromatic N) is 1. The second-order valence-electron chi connectivity index (χ2n) is 4.43. The van der Waals surface area contributed by atoms with Gasteiger partial charge in [0.05, 0.1) is 5.69 Å². The van der Waals surface area contributed by atoms with Gasteiger partial charge in [0, 0.05) is 29.8 Å². The molecular weight excluding hydrogens is 216 g/mol. The van der Waals surface area contributed by atoms with Gasteiger partial charge in [0.25, 0.3) is 0 Å². The van der Waals surface area contributed by atoms with Crippen LogP contribution >= 0.6 is 11.8 Å². The Hall–Kier alpha value is -0.670. The average molecular weight is 236 g/mol. The number of rotatable bonds is 3. The molecule has 1 aliphatic rings. The lowest BCUT2D eigenvalue weighted by Crippen LogP contribution is -2.38. The Labute approximate surface area is 102 Å². The van der Waals surface area contributed by atoms with Crippen molar-refractivity contribution in [3.8, 4) is 0 Å². The molecule has 1 heterocycles. The predicted molar refractivity (Wildman–Crippen MR) is 72.4 cm³/mol. The molecule has 2 nitrogen and oxygen atoms in total. The van der Waals surface area contributed by atoms with Gasteiger partial charge in [0.1, 0.15) is 0 Å². The molecule has 1 aliphatic heterocycles.